The van der Waals surface area contributed by atoms with Gasteiger partial charge in [-0.05, 0) is 48.9 Å². The number of nitrogens with zero attached hydrogens (tertiary/aromatic N) is 1. The summed E-state index contributed by atoms with van der Waals surface area (Å²) >= 11 is 0. The fourth-order valence-corrected chi connectivity index (χ4v) is 2.04. The highest BCUT2D eigenvalue weighted by Crippen LogP contribution is 2.26. The first-order valence-corrected chi connectivity index (χ1v) is 5.11. The first kappa shape index (κ1) is 10.6. The lowest BCUT2D eigenvalue weighted by molar-refractivity contribution is 0.0693. The monoisotopic (exact) mass is 215 g/mol. The number of hydrogen-bond donors (Lipinski definition) is 1. The number of aryl methyl sites for hydroxylation is 3. The van der Waals surface area contributed by atoms with Crippen LogP contribution in [0, 0.1) is 20.8 Å². The summed E-state index contributed by atoms with van der Waals surface area (Å²) in [4.78, 5) is 15.1. The fraction of sp³-hybridized carbons (Fsp3) is 0.231. The molecule has 0 aliphatic heterocycles. The summed E-state index contributed by atoms with van der Waals surface area (Å²) in [5.41, 5.74) is 3.32. The zero-order chi connectivity index (χ0) is 11.9. The lowest BCUT2D eigenvalue weighted by Gasteiger charge is -2.10. The topological polar surface area (TPSA) is 50.2 Å². The van der Waals surface area contributed by atoms with Gasteiger partial charge < -0.3 is 5.11 Å². The molecule has 1 heterocycles. The van der Waals surface area contributed by atoms with Crippen LogP contribution in [-0.4, -0.2) is 16.1 Å². The van der Waals surface area contributed by atoms with Gasteiger partial charge in [-0.25, -0.2) is 9.78 Å². The number of carboxylic acid groups (broad SMARTS) is 1. The van der Waals surface area contributed by atoms with Gasteiger partial charge in [0.05, 0.1) is 0 Å². The SMILES string of the molecule is Cc1cc(C)c2ccnc(C(=O)O)c2c1C. The van der Waals surface area contributed by atoms with Crippen LogP contribution in [-0.2, 0) is 0 Å². The average molecular weight is 215 g/mol. The van der Waals surface area contributed by atoms with Gasteiger partial charge in [0, 0.05) is 11.6 Å². The van der Waals surface area contributed by atoms with E-state index in [9.17, 15) is 4.79 Å². The number of aromatic carboxylic acids is 1. The zero-order valence-electron chi connectivity index (χ0n) is 9.53. The summed E-state index contributed by atoms with van der Waals surface area (Å²) < 4.78 is 0. The second-order valence-electron chi connectivity index (χ2n) is 4.02. The van der Waals surface area contributed by atoms with Gasteiger partial charge in [0.2, 0.25) is 0 Å². The third-order valence-corrected chi connectivity index (χ3v) is 2.98. The Bertz CT molecular complexity index is 588. The fourth-order valence-electron chi connectivity index (χ4n) is 2.04. The Balaban J connectivity index is 3.01. The van der Waals surface area contributed by atoms with Gasteiger partial charge in [-0.15, -0.1) is 0 Å². The number of carbonyl (C=O) groups is 1. The molecule has 0 spiro atoms. The van der Waals surface area contributed by atoms with Crippen LogP contribution >= 0.6 is 0 Å². The number of aromatic nitrogens is 1. The molecule has 3 heteroatoms. The molecule has 82 valence electrons. The van der Waals surface area contributed by atoms with E-state index in [0.717, 1.165) is 27.5 Å². The van der Waals surface area contributed by atoms with Crippen LogP contribution < -0.4 is 0 Å². The molecule has 0 saturated carbocycles. The van der Waals surface area contributed by atoms with E-state index >= 15 is 0 Å². The molecule has 16 heavy (non-hydrogen) atoms. The molecule has 0 saturated heterocycles. The van der Waals surface area contributed by atoms with Crippen molar-refractivity contribution in [2.75, 3.05) is 0 Å². The van der Waals surface area contributed by atoms with Crippen LogP contribution in [0.5, 0.6) is 0 Å². The predicted molar refractivity (Wildman–Crippen MR) is 62.9 cm³/mol. The minimum Gasteiger partial charge on any atom is -0.476 e. The smallest absolute Gasteiger partial charge is 0.355 e. The van der Waals surface area contributed by atoms with Gasteiger partial charge in [-0.3, -0.25) is 0 Å². The van der Waals surface area contributed by atoms with Crippen molar-refractivity contribution in [1.29, 1.82) is 0 Å². The summed E-state index contributed by atoms with van der Waals surface area (Å²) in [7, 11) is 0. The summed E-state index contributed by atoms with van der Waals surface area (Å²) in [6.07, 6.45) is 1.55. The van der Waals surface area contributed by atoms with Crippen molar-refractivity contribution in [3.8, 4) is 0 Å². The van der Waals surface area contributed by atoms with E-state index in [1.54, 1.807) is 6.20 Å². The Morgan fingerprint density at radius 1 is 1.25 bits per heavy atom. The van der Waals surface area contributed by atoms with E-state index < -0.39 is 5.97 Å². The Morgan fingerprint density at radius 2 is 1.94 bits per heavy atom. The van der Waals surface area contributed by atoms with E-state index in [2.05, 4.69) is 11.1 Å². The van der Waals surface area contributed by atoms with E-state index in [1.165, 1.54) is 0 Å². The maximum absolute atomic E-state index is 11.1. The quantitative estimate of drug-likeness (QED) is 0.795. The standard InChI is InChI=1S/C13H13NO2/c1-7-6-8(2)10-4-5-14-12(13(15)16)11(10)9(7)3/h4-6H,1-3H3,(H,15,16). The van der Waals surface area contributed by atoms with E-state index in [-0.39, 0.29) is 5.69 Å². The lowest BCUT2D eigenvalue weighted by atomic mass is 9.96. The summed E-state index contributed by atoms with van der Waals surface area (Å²) in [6, 6.07) is 3.94. The van der Waals surface area contributed by atoms with Gasteiger partial charge >= 0.3 is 5.97 Å². The largest absolute Gasteiger partial charge is 0.476 e. The maximum Gasteiger partial charge on any atom is 0.355 e. The maximum atomic E-state index is 11.1. The average Bonchev–Trinajstić information content (AvgIpc) is 2.25. The molecule has 0 radical (unpaired) electrons. The molecule has 1 aromatic heterocycles. The minimum absolute atomic E-state index is 0.141. The molecule has 0 atom stereocenters. The highest BCUT2D eigenvalue weighted by Gasteiger charge is 2.14. The molecule has 0 aliphatic rings. The highest BCUT2D eigenvalue weighted by molar-refractivity contribution is 6.04. The third-order valence-electron chi connectivity index (χ3n) is 2.98. The van der Waals surface area contributed by atoms with Crippen LogP contribution in [0.25, 0.3) is 10.8 Å². The third kappa shape index (κ3) is 1.45. The van der Waals surface area contributed by atoms with Crippen molar-refractivity contribution in [2.24, 2.45) is 0 Å². The molecule has 1 aromatic carbocycles. The Morgan fingerprint density at radius 3 is 2.56 bits per heavy atom. The number of pyridine rings is 1. The number of benzene rings is 1. The Labute approximate surface area is 93.7 Å². The number of rotatable bonds is 1. The van der Waals surface area contributed by atoms with Gasteiger partial charge in [0.25, 0.3) is 0 Å². The van der Waals surface area contributed by atoms with Crippen LogP contribution in [0.3, 0.4) is 0 Å². The van der Waals surface area contributed by atoms with Crippen molar-refractivity contribution in [1.82, 2.24) is 4.98 Å². The number of fused-ring (bicyclic) bond motifs is 1. The first-order valence-electron chi connectivity index (χ1n) is 5.11. The van der Waals surface area contributed by atoms with Crippen molar-refractivity contribution < 1.29 is 9.90 Å². The van der Waals surface area contributed by atoms with Gasteiger partial charge in [-0.2, -0.15) is 0 Å². The molecule has 1 N–H and O–H groups in total. The van der Waals surface area contributed by atoms with E-state index in [1.807, 2.05) is 26.8 Å². The normalized spacial score (nSPS) is 10.7. The molecule has 0 fully saturated rings. The molecular formula is C13H13NO2. The van der Waals surface area contributed by atoms with Crippen molar-refractivity contribution in [3.05, 3.63) is 40.7 Å². The molecular weight excluding hydrogens is 202 g/mol. The van der Waals surface area contributed by atoms with E-state index in [0.29, 0.717) is 0 Å². The summed E-state index contributed by atoms with van der Waals surface area (Å²) in [5.74, 6) is -0.973. The number of carboxylic acids is 1. The van der Waals surface area contributed by atoms with Gasteiger partial charge in [0.1, 0.15) is 0 Å². The molecule has 2 aromatic rings. The minimum atomic E-state index is -0.973. The Hall–Kier alpha value is -1.90. The van der Waals surface area contributed by atoms with Crippen LogP contribution in [0.2, 0.25) is 0 Å². The summed E-state index contributed by atoms with van der Waals surface area (Å²) in [5, 5.41) is 10.9. The van der Waals surface area contributed by atoms with Gasteiger partial charge in [0.15, 0.2) is 5.69 Å². The lowest BCUT2D eigenvalue weighted by Crippen LogP contribution is -2.03. The second-order valence-corrected chi connectivity index (χ2v) is 4.02. The predicted octanol–water partition coefficient (Wildman–Crippen LogP) is 2.86. The second kappa shape index (κ2) is 3.59. The van der Waals surface area contributed by atoms with Crippen molar-refractivity contribution in [3.63, 3.8) is 0 Å². The van der Waals surface area contributed by atoms with Gasteiger partial charge in [-0.1, -0.05) is 6.07 Å². The van der Waals surface area contributed by atoms with Crippen LogP contribution in [0.4, 0.5) is 0 Å². The molecule has 2 rings (SSSR count). The molecule has 0 aliphatic carbocycles. The Kier molecular flexibility index (Phi) is 2.38. The van der Waals surface area contributed by atoms with Crippen LogP contribution in [0.1, 0.15) is 27.2 Å². The summed E-state index contributed by atoms with van der Waals surface area (Å²) in [6.45, 7) is 5.91. The molecule has 0 unspecified atom stereocenters. The first-order chi connectivity index (χ1) is 7.52. The molecule has 0 amide bonds. The number of hydrogen-bond acceptors (Lipinski definition) is 2. The highest BCUT2D eigenvalue weighted by atomic mass is 16.4. The van der Waals surface area contributed by atoms with Crippen molar-refractivity contribution in [2.45, 2.75) is 20.8 Å². The van der Waals surface area contributed by atoms with Crippen LogP contribution in [0.15, 0.2) is 18.3 Å². The van der Waals surface area contributed by atoms with E-state index in [4.69, 9.17) is 5.11 Å². The van der Waals surface area contributed by atoms with Crippen molar-refractivity contribution >= 4 is 16.7 Å². The zero-order valence-corrected chi connectivity index (χ0v) is 9.53. The molecule has 3 nitrogen and oxygen atoms in total. The molecule has 0 bridgehead atoms.